The number of rotatable bonds is 7. The highest BCUT2D eigenvalue weighted by atomic mass is 16.4. The minimum absolute atomic E-state index is 0.0809. The number of amides is 1. The molecule has 0 aromatic heterocycles. The van der Waals surface area contributed by atoms with E-state index in [1.165, 1.54) is 18.4 Å². The van der Waals surface area contributed by atoms with E-state index >= 15 is 0 Å². The van der Waals surface area contributed by atoms with Gasteiger partial charge in [-0.15, -0.1) is 0 Å². The van der Waals surface area contributed by atoms with Crippen molar-refractivity contribution in [2.75, 3.05) is 6.54 Å². The monoisotopic (exact) mass is 356 g/mol. The Kier molecular flexibility index (Phi) is 4.96. The number of carbonyl (C=O) groups is 1. The Labute approximate surface area is 157 Å². The van der Waals surface area contributed by atoms with Crippen LogP contribution in [0.4, 0.5) is 4.79 Å². The van der Waals surface area contributed by atoms with Crippen molar-refractivity contribution in [1.82, 2.24) is 10.2 Å². The standard InChI is InChI=1S/C22H32N2O2/c1-2-3-9-24(21(25)26)22-12-17-10-18(13-22)20(19(11-17)14-22)23-15-16-7-5-4-6-8-16/h4-8,17-20,23H,2-3,9-15H2,1H3,(H,25,26). The number of benzene rings is 1. The third-order valence-electron chi connectivity index (χ3n) is 7.16. The molecule has 0 heterocycles. The zero-order valence-electron chi connectivity index (χ0n) is 15.9. The van der Waals surface area contributed by atoms with Crippen molar-refractivity contribution in [3.63, 3.8) is 0 Å². The summed E-state index contributed by atoms with van der Waals surface area (Å²) in [5, 5.41) is 13.7. The van der Waals surface area contributed by atoms with Gasteiger partial charge in [-0.25, -0.2) is 4.79 Å². The number of nitrogens with zero attached hydrogens (tertiary/aromatic N) is 1. The molecule has 2 atom stereocenters. The average Bonchev–Trinajstić information content (AvgIpc) is 2.61. The summed E-state index contributed by atoms with van der Waals surface area (Å²) in [6, 6.07) is 11.2. The highest BCUT2D eigenvalue weighted by Gasteiger charge is 2.58. The summed E-state index contributed by atoms with van der Waals surface area (Å²) < 4.78 is 0. The molecule has 4 fully saturated rings. The topological polar surface area (TPSA) is 52.6 Å². The van der Waals surface area contributed by atoms with E-state index in [9.17, 15) is 9.90 Å². The molecule has 2 unspecified atom stereocenters. The predicted octanol–water partition coefficient (Wildman–Crippen LogP) is 4.50. The van der Waals surface area contributed by atoms with Crippen LogP contribution in [0.3, 0.4) is 0 Å². The van der Waals surface area contributed by atoms with Crippen molar-refractivity contribution in [2.45, 2.75) is 70.0 Å². The molecule has 1 amide bonds. The minimum atomic E-state index is -0.700. The quantitative estimate of drug-likeness (QED) is 0.756. The van der Waals surface area contributed by atoms with Crippen LogP contribution < -0.4 is 5.32 Å². The molecule has 5 rings (SSSR count). The van der Waals surface area contributed by atoms with Crippen LogP contribution in [0, 0.1) is 17.8 Å². The molecule has 0 spiro atoms. The van der Waals surface area contributed by atoms with Crippen LogP contribution in [0.1, 0.15) is 57.4 Å². The van der Waals surface area contributed by atoms with Crippen LogP contribution in [0.15, 0.2) is 30.3 Å². The molecule has 0 aliphatic heterocycles. The first-order chi connectivity index (χ1) is 12.6. The summed E-state index contributed by atoms with van der Waals surface area (Å²) in [6.07, 6.45) is 7.11. The fraction of sp³-hybridized carbons (Fsp3) is 0.682. The molecule has 0 radical (unpaired) electrons. The Bertz CT molecular complexity index is 616. The molecule has 4 heteroatoms. The molecule has 142 valence electrons. The summed E-state index contributed by atoms with van der Waals surface area (Å²) in [4.78, 5) is 13.9. The third-order valence-corrected chi connectivity index (χ3v) is 7.16. The first kappa shape index (κ1) is 17.8. The lowest BCUT2D eigenvalue weighted by atomic mass is 9.50. The average molecular weight is 357 g/mol. The summed E-state index contributed by atoms with van der Waals surface area (Å²) >= 11 is 0. The third kappa shape index (κ3) is 3.24. The molecule has 4 bridgehead atoms. The van der Waals surface area contributed by atoms with Crippen molar-refractivity contribution in [3.05, 3.63) is 35.9 Å². The van der Waals surface area contributed by atoms with Gasteiger partial charge in [0.2, 0.25) is 0 Å². The van der Waals surface area contributed by atoms with Gasteiger partial charge >= 0.3 is 6.09 Å². The lowest BCUT2D eigenvalue weighted by Crippen LogP contribution is -2.67. The van der Waals surface area contributed by atoms with E-state index in [0.717, 1.165) is 44.6 Å². The summed E-state index contributed by atoms with van der Waals surface area (Å²) in [5.74, 6) is 1.99. The molecule has 0 saturated heterocycles. The molecule has 26 heavy (non-hydrogen) atoms. The van der Waals surface area contributed by atoms with Gasteiger partial charge in [-0.05, 0) is 61.8 Å². The second-order valence-electron chi connectivity index (χ2n) is 8.87. The van der Waals surface area contributed by atoms with Crippen LogP contribution >= 0.6 is 0 Å². The molecule has 2 N–H and O–H groups in total. The molecule has 4 nitrogen and oxygen atoms in total. The van der Waals surface area contributed by atoms with Gasteiger partial charge in [0.15, 0.2) is 0 Å². The van der Waals surface area contributed by atoms with Gasteiger partial charge in [0.05, 0.1) is 0 Å². The van der Waals surface area contributed by atoms with Crippen LogP contribution in [-0.2, 0) is 6.54 Å². The van der Waals surface area contributed by atoms with Crippen molar-refractivity contribution in [3.8, 4) is 0 Å². The number of hydrogen-bond donors (Lipinski definition) is 2. The normalized spacial score (nSPS) is 34.8. The Morgan fingerprint density at radius 1 is 1.19 bits per heavy atom. The molecule has 4 aliphatic rings. The summed E-state index contributed by atoms with van der Waals surface area (Å²) in [7, 11) is 0. The minimum Gasteiger partial charge on any atom is -0.465 e. The molecule has 4 saturated carbocycles. The zero-order chi connectivity index (χ0) is 18.1. The van der Waals surface area contributed by atoms with Crippen molar-refractivity contribution < 1.29 is 9.90 Å². The van der Waals surface area contributed by atoms with Crippen molar-refractivity contribution in [2.24, 2.45) is 17.8 Å². The number of nitrogens with one attached hydrogen (secondary N) is 1. The van der Waals surface area contributed by atoms with E-state index in [0.29, 0.717) is 24.4 Å². The molecule has 4 aliphatic carbocycles. The number of hydrogen-bond acceptors (Lipinski definition) is 2. The van der Waals surface area contributed by atoms with Crippen LogP contribution in [0.5, 0.6) is 0 Å². The maximum atomic E-state index is 12.0. The number of unbranched alkanes of at least 4 members (excludes halogenated alkanes) is 1. The Morgan fingerprint density at radius 3 is 2.50 bits per heavy atom. The molecular formula is C22H32N2O2. The zero-order valence-corrected chi connectivity index (χ0v) is 15.9. The van der Waals surface area contributed by atoms with Gasteiger partial charge in [0.25, 0.3) is 0 Å². The van der Waals surface area contributed by atoms with Crippen molar-refractivity contribution >= 4 is 6.09 Å². The fourth-order valence-electron chi connectivity index (χ4n) is 6.33. The number of carboxylic acid groups (broad SMARTS) is 1. The SMILES string of the molecule is CCCCN(C(=O)O)C12CC3CC(C1)C(NCc1ccccc1)C(C3)C2. The van der Waals surface area contributed by atoms with Gasteiger partial charge < -0.3 is 15.3 Å². The Morgan fingerprint density at radius 2 is 1.88 bits per heavy atom. The van der Waals surface area contributed by atoms with E-state index < -0.39 is 6.09 Å². The van der Waals surface area contributed by atoms with Crippen LogP contribution in [0.25, 0.3) is 0 Å². The summed E-state index contributed by atoms with van der Waals surface area (Å²) in [5.41, 5.74) is 1.26. The predicted molar refractivity (Wildman–Crippen MR) is 103 cm³/mol. The Balaban J connectivity index is 1.48. The molecule has 1 aromatic rings. The van der Waals surface area contributed by atoms with E-state index in [1.807, 2.05) is 4.90 Å². The second kappa shape index (κ2) is 7.22. The molecule has 1 aromatic carbocycles. The van der Waals surface area contributed by atoms with Crippen molar-refractivity contribution in [1.29, 1.82) is 0 Å². The van der Waals surface area contributed by atoms with E-state index in [4.69, 9.17) is 0 Å². The van der Waals surface area contributed by atoms with Gasteiger partial charge in [-0.3, -0.25) is 0 Å². The first-order valence-electron chi connectivity index (χ1n) is 10.4. The lowest BCUT2D eigenvalue weighted by Gasteiger charge is -2.62. The van der Waals surface area contributed by atoms with E-state index in [1.54, 1.807) is 0 Å². The largest absolute Gasteiger partial charge is 0.465 e. The first-order valence-corrected chi connectivity index (χ1v) is 10.4. The maximum Gasteiger partial charge on any atom is 0.407 e. The smallest absolute Gasteiger partial charge is 0.407 e. The maximum absolute atomic E-state index is 12.0. The van der Waals surface area contributed by atoms with Crippen LogP contribution in [0.2, 0.25) is 0 Å². The lowest BCUT2D eigenvalue weighted by molar-refractivity contribution is -0.0957. The Hall–Kier alpha value is -1.55. The second-order valence-corrected chi connectivity index (χ2v) is 8.87. The summed E-state index contributed by atoms with van der Waals surface area (Å²) in [6.45, 7) is 3.78. The fourth-order valence-corrected chi connectivity index (χ4v) is 6.33. The van der Waals surface area contributed by atoms with Crippen LogP contribution in [-0.4, -0.2) is 34.2 Å². The highest BCUT2D eigenvalue weighted by Crippen LogP contribution is 2.58. The van der Waals surface area contributed by atoms with E-state index in [-0.39, 0.29) is 5.54 Å². The molecular weight excluding hydrogens is 324 g/mol. The van der Waals surface area contributed by atoms with Gasteiger partial charge in [0.1, 0.15) is 0 Å². The highest BCUT2D eigenvalue weighted by molar-refractivity contribution is 5.66. The van der Waals surface area contributed by atoms with Gasteiger partial charge in [-0.1, -0.05) is 43.7 Å². The van der Waals surface area contributed by atoms with Gasteiger partial charge in [0, 0.05) is 24.7 Å². The van der Waals surface area contributed by atoms with Gasteiger partial charge in [-0.2, -0.15) is 0 Å². The van der Waals surface area contributed by atoms with E-state index in [2.05, 4.69) is 42.6 Å².